The third-order valence-electron chi connectivity index (χ3n) is 3.73. The van der Waals surface area contributed by atoms with Crippen molar-refractivity contribution < 1.29 is 4.42 Å². The monoisotopic (exact) mass is 317 g/mol. The van der Waals surface area contributed by atoms with E-state index in [9.17, 15) is 0 Å². The second-order valence-corrected chi connectivity index (χ2v) is 5.43. The number of rotatable bonds is 3. The van der Waals surface area contributed by atoms with Gasteiger partial charge in [-0.25, -0.2) is 0 Å². The molecule has 0 saturated carbocycles. The van der Waals surface area contributed by atoms with E-state index in [1.807, 2.05) is 37.3 Å². The summed E-state index contributed by atoms with van der Waals surface area (Å²) >= 11 is 0. The topological polar surface area (TPSA) is 89.9 Å². The molecular formula is C18H15N5O. The Bertz CT molecular complexity index is 1010. The molecule has 0 amide bonds. The summed E-state index contributed by atoms with van der Waals surface area (Å²) in [6, 6.07) is 9.52. The molecule has 0 bridgehead atoms. The average Bonchev–Trinajstić information content (AvgIpc) is 2.91. The molecule has 0 unspecified atom stereocenters. The van der Waals surface area contributed by atoms with E-state index >= 15 is 0 Å². The van der Waals surface area contributed by atoms with Crippen LogP contribution < -0.4 is 11.1 Å². The zero-order valence-electron chi connectivity index (χ0n) is 13.0. The predicted molar refractivity (Wildman–Crippen MR) is 93.9 cm³/mol. The van der Waals surface area contributed by atoms with Crippen molar-refractivity contribution in [2.45, 2.75) is 6.92 Å². The van der Waals surface area contributed by atoms with E-state index in [1.54, 1.807) is 24.8 Å². The molecule has 118 valence electrons. The number of nitrogens with zero attached hydrogens (tertiary/aromatic N) is 3. The fourth-order valence-electron chi connectivity index (χ4n) is 2.65. The molecule has 0 aromatic carbocycles. The normalized spacial score (nSPS) is 10.9. The lowest BCUT2D eigenvalue weighted by atomic mass is 10.1. The maximum atomic E-state index is 6.09. The van der Waals surface area contributed by atoms with E-state index in [2.05, 4.69) is 20.3 Å². The van der Waals surface area contributed by atoms with Crippen LogP contribution in [0.4, 0.5) is 17.3 Å². The third-order valence-corrected chi connectivity index (χ3v) is 3.73. The molecule has 0 atom stereocenters. The zero-order valence-corrected chi connectivity index (χ0v) is 13.0. The smallest absolute Gasteiger partial charge is 0.215 e. The SMILES string of the molecule is Cc1cc(-c2nccc3c(Nc4cccnc4)c(N)oc23)ccn1. The highest BCUT2D eigenvalue weighted by molar-refractivity contribution is 6.03. The molecule has 4 rings (SSSR count). The number of aryl methyl sites for hydroxylation is 1. The summed E-state index contributed by atoms with van der Waals surface area (Å²) in [4.78, 5) is 12.8. The number of hydrogen-bond donors (Lipinski definition) is 2. The molecule has 0 spiro atoms. The Morgan fingerprint density at radius 3 is 2.75 bits per heavy atom. The molecule has 24 heavy (non-hydrogen) atoms. The summed E-state index contributed by atoms with van der Waals surface area (Å²) in [5, 5.41) is 4.14. The van der Waals surface area contributed by atoms with Gasteiger partial charge in [-0.3, -0.25) is 15.0 Å². The van der Waals surface area contributed by atoms with Crippen LogP contribution in [0.25, 0.3) is 22.2 Å². The fraction of sp³-hybridized carbons (Fsp3) is 0.0556. The molecule has 4 heterocycles. The van der Waals surface area contributed by atoms with Crippen molar-refractivity contribution in [3.8, 4) is 11.3 Å². The van der Waals surface area contributed by atoms with Gasteiger partial charge in [0.05, 0.1) is 17.3 Å². The average molecular weight is 317 g/mol. The first-order valence-electron chi connectivity index (χ1n) is 7.49. The Kier molecular flexibility index (Phi) is 3.35. The number of fused-ring (bicyclic) bond motifs is 1. The second kappa shape index (κ2) is 5.66. The van der Waals surface area contributed by atoms with E-state index in [0.717, 1.165) is 28.0 Å². The van der Waals surface area contributed by atoms with Gasteiger partial charge in [-0.05, 0) is 37.3 Å². The van der Waals surface area contributed by atoms with Crippen molar-refractivity contribution in [2.75, 3.05) is 11.1 Å². The molecule has 4 aromatic heterocycles. The van der Waals surface area contributed by atoms with Crippen molar-refractivity contribution in [1.82, 2.24) is 15.0 Å². The number of nitrogens with two attached hydrogens (primary N) is 1. The van der Waals surface area contributed by atoms with Gasteiger partial charge in [-0.1, -0.05) is 0 Å². The van der Waals surface area contributed by atoms with Crippen LogP contribution in [0.3, 0.4) is 0 Å². The molecule has 0 aliphatic carbocycles. The van der Waals surface area contributed by atoms with Gasteiger partial charge in [-0.2, -0.15) is 0 Å². The highest BCUT2D eigenvalue weighted by atomic mass is 16.3. The fourth-order valence-corrected chi connectivity index (χ4v) is 2.65. The molecule has 0 fully saturated rings. The number of aromatic nitrogens is 3. The van der Waals surface area contributed by atoms with Gasteiger partial charge in [0.25, 0.3) is 0 Å². The van der Waals surface area contributed by atoms with Crippen LogP contribution in [0.2, 0.25) is 0 Å². The van der Waals surface area contributed by atoms with Crippen LogP contribution in [0.5, 0.6) is 0 Å². The third kappa shape index (κ3) is 2.44. The van der Waals surface area contributed by atoms with Gasteiger partial charge in [0.2, 0.25) is 5.88 Å². The lowest BCUT2D eigenvalue weighted by Crippen LogP contribution is -1.93. The van der Waals surface area contributed by atoms with Crippen molar-refractivity contribution in [1.29, 1.82) is 0 Å². The summed E-state index contributed by atoms with van der Waals surface area (Å²) in [5.41, 5.74) is 10.9. The molecule has 6 nitrogen and oxygen atoms in total. The van der Waals surface area contributed by atoms with Gasteiger partial charge in [-0.15, -0.1) is 0 Å². The van der Waals surface area contributed by atoms with E-state index in [4.69, 9.17) is 10.2 Å². The molecule has 0 radical (unpaired) electrons. The Hall–Kier alpha value is -3.41. The van der Waals surface area contributed by atoms with Gasteiger partial charge in [0, 0.05) is 29.8 Å². The van der Waals surface area contributed by atoms with Crippen molar-refractivity contribution >= 4 is 28.2 Å². The quantitative estimate of drug-likeness (QED) is 0.595. The predicted octanol–water partition coefficient (Wildman–Crippen LogP) is 3.92. The highest BCUT2D eigenvalue weighted by Gasteiger charge is 2.17. The van der Waals surface area contributed by atoms with Gasteiger partial charge >= 0.3 is 0 Å². The van der Waals surface area contributed by atoms with Crippen LogP contribution in [0.1, 0.15) is 5.69 Å². The molecule has 0 aliphatic rings. The number of nitrogen functional groups attached to an aromatic ring is 1. The number of anilines is 3. The van der Waals surface area contributed by atoms with E-state index < -0.39 is 0 Å². The minimum absolute atomic E-state index is 0.314. The summed E-state index contributed by atoms with van der Waals surface area (Å²) < 4.78 is 5.81. The molecule has 0 aliphatic heterocycles. The van der Waals surface area contributed by atoms with E-state index in [-0.39, 0.29) is 0 Å². The first-order valence-corrected chi connectivity index (χ1v) is 7.49. The largest absolute Gasteiger partial charge is 0.436 e. The standard InChI is InChI=1S/C18H15N5O/c1-11-9-12(4-7-21-11)15-17-14(5-8-22-15)16(18(19)24-17)23-13-3-2-6-20-10-13/h2-10,23H,19H2,1H3. The second-order valence-electron chi connectivity index (χ2n) is 5.43. The summed E-state index contributed by atoms with van der Waals surface area (Å²) in [6.07, 6.45) is 6.95. The van der Waals surface area contributed by atoms with Crippen LogP contribution in [-0.4, -0.2) is 15.0 Å². The van der Waals surface area contributed by atoms with Crippen molar-refractivity contribution in [3.05, 3.63) is 60.8 Å². The van der Waals surface area contributed by atoms with Crippen LogP contribution in [0, 0.1) is 6.92 Å². The lowest BCUT2D eigenvalue weighted by Gasteiger charge is -2.05. The molecule has 0 saturated heterocycles. The Labute approximate surface area is 138 Å². The van der Waals surface area contributed by atoms with E-state index in [1.165, 1.54) is 0 Å². The van der Waals surface area contributed by atoms with Gasteiger partial charge in [0.15, 0.2) is 5.58 Å². The lowest BCUT2D eigenvalue weighted by molar-refractivity contribution is 0.638. The van der Waals surface area contributed by atoms with Crippen LogP contribution in [0.15, 0.2) is 59.5 Å². The number of nitrogens with one attached hydrogen (secondary N) is 1. The van der Waals surface area contributed by atoms with E-state index in [0.29, 0.717) is 17.2 Å². The van der Waals surface area contributed by atoms with Crippen LogP contribution in [-0.2, 0) is 0 Å². The number of hydrogen-bond acceptors (Lipinski definition) is 6. The summed E-state index contributed by atoms with van der Waals surface area (Å²) in [6.45, 7) is 1.94. The van der Waals surface area contributed by atoms with Crippen molar-refractivity contribution in [3.63, 3.8) is 0 Å². The summed E-state index contributed by atoms with van der Waals surface area (Å²) in [5.74, 6) is 0.314. The maximum Gasteiger partial charge on any atom is 0.215 e. The minimum Gasteiger partial charge on any atom is -0.436 e. The highest BCUT2D eigenvalue weighted by Crippen LogP contribution is 2.38. The number of furan rings is 1. The first-order chi connectivity index (χ1) is 11.7. The Morgan fingerprint density at radius 2 is 1.96 bits per heavy atom. The molecule has 4 aromatic rings. The minimum atomic E-state index is 0.314. The summed E-state index contributed by atoms with van der Waals surface area (Å²) in [7, 11) is 0. The van der Waals surface area contributed by atoms with Crippen molar-refractivity contribution in [2.24, 2.45) is 0 Å². The maximum absolute atomic E-state index is 6.09. The van der Waals surface area contributed by atoms with Gasteiger partial charge < -0.3 is 15.5 Å². The van der Waals surface area contributed by atoms with Crippen LogP contribution >= 0.6 is 0 Å². The molecule has 3 N–H and O–H groups in total. The zero-order chi connectivity index (χ0) is 16.5. The number of pyridine rings is 3. The first kappa shape index (κ1) is 14.2. The van der Waals surface area contributed by atoms with Gasteiger partial charge in [0.1, 0.15) is 11.4 Å². The molecular weight excluding hydrogens is 302 g/mol. The Morgan fingerprint density at radius 1 is 1.08 bits per heavy atom. The Balaban J connectivity index is 1.86. The molecule has 6 heteroatoms.